The largest absolute Gasteiger partial charge is 0.497 e. The van der Waals surface area contributed by atoms with Gasteiger partial charge in [0.05, 0.1) is 25.7 Å². The number of ether oxygens (including phenoxy) is 2. The van der Waals surface area contributed by atoms with Gasteiger partial charge in [-0.05, 0) is 63.4 Å². The van der Waals surface area contributed by atoms with Crippen LogP contribution >= 0.6 is 0 Å². The number of guanidine groups is 1. The van der Waals surface area contributed by atoms with E-state index < -0.39 is 0 Å². The van der Waals surface area contributed by atoms with Gasteiger partial charge >= 0.3 is 5.97 Å². The maximum absolute atomic E-state index is 12.2. The van der Waals surface area contributed by atoms with E-state index in [4.69, 9.17) is 9.47 Å². The van der Waals surface area contributed by atoms with Crippen LogP contribution in [0.25, 0.3) is 0 Å². The number of piperidine rings is 1. The number of benzene rings is 1. The molecular weight excluding hydrogens is 380 g/mol. The number of nitrogens with zero attached hydrogens (tertiary/aromatic N) is 3. The number of aliphatic imine (C=N–C) groups is 1. The molecule has 2 atom stereocenters. The molecule has 0 amide bonds. The molecule has 30 heavy (non-hydrogen) atoms. The first-order valence-corrected chi connectivity index (χ1v) is 11.2. The van der Waals surface area contributed by atoms with Gasteiger partial charge in [0.2, 0.25) is 0 Å². The van der Waals surface area contributed by atoms with Crippen molar-refractivity contribution in [1.29, 1.82) is 0 Å². The molecule has 0 aliphatic carbocycles. The van der Waals surface area contributed by atoms with Crippen LogP contribution < -0.4 is 10.1 Å². The Hall–Kier alpha value is -2.28. The summed E-state index contributed by atoms with van der Waals surface area (Å²) in [4.78, 5) is 21.5. The summed E-state index contributed by atoms with van der Waals surface area (Å²) in [7, 11) is 3.52. The van der Waals surface area contributed by atoms with Crippen molar-refractivity contribution in [3.63, 3.8) is 0 Å². The molecule has 2 fully saturated rings. The molecule has 2 aliphatic heterocycles. The quantitative estimate of drug-likeness (QED) is 0.419. The van der Waals surface area contributed by atoms with Crippen molar-refractivity contribution in [2.75, 3.05) is 53.5 Å². The summed E-state index contributed by atoms with van der Waals surface area (Å²) in [5.41, 5.74) is 1.25. The fourth-order valence-electron chi connectivity index (χ4n) is 4.50. The van der Waals surface area contributed by atoms with Crippen LogP contribution in [0.4, 0.5) is 0 Å². The van der Waals surface area contributed by atoms with Gasteiger partial charge in [-0.1, -0.05) is 12.1 Å². The average Bonchev–Trinajstić information content (AvgIpc) is 3.31. The smallest absolute Gasteiger partial charge is 0.310 e. The second kappa shape index (κ2) is 11.2. The highest BCUT2D eigenvalue weighted by molar-refractivity contribution is 5.81. The summed E-state index contributed by atoms with van der Waals surface area (Å²) in [6.45, 7) is 6.83. The zero-order valence-electron chi connectivity index (χ0n) is 18.6. The molecule has 166 valence electrons. The Morgan fingerprint density at radius 1 is 1.27 bits per heavy atom. The summed E-state index contributed by atoms with van der Waals surface area (Å²) in [5, 5.41) is 3.58. The lowest BCUT2D eigenvalue weighted by Gasteiger charge is -2.35. The Kier molecular flexibility index (Phi) is 8.37. The molecule has 0 aromatic heterocycles. The summed E-state index contributed by atoms with van der Waals surface area (Å²) in [6.07, 6.45) is 4.33. The number of hydrogen-bond acceptors (Lipinski definition) is 5. The van der Waals surface area contributed by atoms with Gasteiger partial charge in [-0.2, -0.15) is 0 Å². The Bertz CT molecular complexity index is 718. The van der Waals surface area contributed by atoms with Crippen molar-refractivity contribution in [2.45, 2.75) is 38.6 Å². The van der Waals surface area contributed by atoms with Crippen molar-refractivity contribution in [1.82, 2.24) is 15.1 Å². The van der Waals surface area contributed by atoms with E-state index in [1.54, 1.807) is 7.11 Å². The van der Waals surface area contributed by atoms with Gasteiger partial charge in [-0.25, -0.2) is 0 Å². The zero-order chi connectivity index (χ0) is 21.3. The molecule has 0 spiro atoms. The van der Waals surface area contributed by atoms with E-state index in [0.717, 1.165) is 50.7 Å². The first kappa shape index (κ1) is 22.4. The van der Waals surface area contributed by atoms with Gasteiger partial charge in [-0.3, -0.25) is 14.7 Å². The Balaban J connectivity index is 1.67. The van der Waals surface area contributed by atoms with E-state index in [1.807, 2.05) is 20.0 Å². The molecule has 0 saturated carbocycles. The first-order chi connectivity index (χ1) is 14.7. The first-order valence-electron chi connectivity index (χ1n) is 11.2. The van der Waals surface area contributed by atoms with Crippen LogP contribution in [0.3, 0.4) is 0 Å². The molecule has 2 aliphatic rings. The monoisotopic (exact) mass is 416 g/mol. The summed E-state index contributed by atoms with van der Waals surface area (Å²) >= 11 is 0. The topological polar surface area (TPSA) is 66.4 Å². The van der Waals surface area contributed by atoms with Gasteiger partial charge in [0.15, 0.2) is 5.96 Å². The maximum Gasteiger partial charge on any atom is 0.310 e. The molecule has 0 bridgehead atoms. The predicted octanol–water partition coefficient (Wildman–Crippen LogP) is 2.68. The van der Waals surface area contributed by atoms with Crippen LogP contribution in [0.5, 0.6) is 5.75 Å². The highest BCUT2D eigenvalue weighted by Crippen LogP contribution is 2.27. The molecule has 7 nitrogen and oxygen atoms in total. The number of likely N-dealkylation sites (tertiary alicyclic amines) is 2. The minimum atomic E-state index is -0.0935. The van der Waals surface area contributed by atoms with Gasteiger partial charge < -0.3 is 19.7 Å². The molecule has 0 radical (unpaired) electrons. The van der Waals surface area contributed by atoms with Crippen LogP contribution in [0.15, 0.2) is 29.3 Å². The van der Waals surface area contributed by atoms with E-state index in [1.165, 1.54) is 18.4 Å². The summed E-state index contributed by atoms with van der Waals surface area (Å²) in [5.74, 6) is 1.57. The SMILES string of the molecule is CCOC(=O)C1CCCN(C(=NC)NCC(c2cccc(OC)c2)N2CCCC2)C1. The number of carbonyl (C=O) groups is 1. The molecule has 1 aromatic carbocycles. The molecule has 1 aromatic rings. The fraction of sp³-hybridized carbons (Fsp3) is 0.652. The van der Waals surface area contributed by atoms with E-state index in [0.29, 0.717) is 13.2 Å². The third-order valence-electron chi connectivity index (χ3n) is 6.07. The number of esters is 1. The van der Waals surface area contributed by atoms with Gasteiger partial charge in [-0.15, -0.1) is 0 Å². The Morgan fingerprint density at radius 3 is 2.77 bits per heavy atom. The van der Waals surface area contributed by atoms with E-state index in [-0.39, 0.29) is 17.9 Å². The number of nitrogens with one attached hydrogen (secondary N) is 1. The standard InChI is InChI=1S/C23H36N4O3/c1-4-30-22(28)19-10-8-14-27(17-19)23(24-2)25-16-21(26-12-5-6-13-26)18-9-7-11-20(15-18)29-3/h7,9,11,15,19,21H,4-6,8,10,12-14,16-17H2,1-3H3,(H,24,25). The van der Waals surface area contributed by atoms with Crippen molar-refractivity contribution in [3.05, 3.63) is 29.8 Å². The molecule has 1 N–H and O–H groups in total. The average molecular weight is 417 g/mol. The predicted molar refractivity (Wildman–Crippen MR) is 119 cm³/mol. The van der Waals surface area contributed by atoms with Crippen molar-refractivity contribution >= 4 is 11.9 Å². The number of hydrogen-bond donors (Lipinski definition) is 1. The molecule has 2 unspecified atom stereocenters. The van der Waals surface area contributed by atoms with Crippen LogP contribution in [0.1, 0.15) is 44.2 Å². The lowest BCUT2D eigenvalue weighted by atomic mass is 9.98. The van der Waals surface area contributed by atoms with Crippen LogP contribution in [0, 0.1) is 5.92 Å². The van der Waals surface area contributed by atoms with Crippen LogP contribution in [-0.4, -0.2) is 75.2 Å². The van der Waals surface area contributed by atoms with Gasteiger partial charge in [0.1, 0.15) is 5.75 Å². The Labute approximate surface area is 180 Å². The lowest BCUT2D eigenvalue weighted by Crippen LogP contribution is -2.50. The number of rotatable bonds is 7. The third kappa shape index (κ3) is 5.65. The molecule has 2 saturated heterocycles. The second-order valence-electron chi connectivity index (χ2n) is 8.00. The molecule has 3 rings (SSSR count). The highest BCUT2D eigenvalue weighted by Gasteiger charge is 2.29. The fourth-order valence-corrected chi connectivity index (χ4v) is 4.50. The normalized spacial score (nSPS) is 21.4. The number of carbonyl (C=O) groups excluding carboxylic acids is 1. The van der Waals surface area contributed by atoms with Crippen molar-refractivity contribution < 1.29 is 14.3 Å². The minimum Gasteiger partial charge on any atom is -0.497 e. The maximum atomic E-state index is 12.2. The number of methoxy groups -OCH3 is 1. The minimum absolute atomic E-state index is 0.0787. The zero-order valence-corrected chi connectivity index (χ0v) is 18.6. The molecular formula is C23H36N4O3. The van der Waals surface area contributed by atoms with Crippen molar-refractivity contribution in [3.8, 4) is 5.75 Å². The van der Waals surface area contributed by atoms with Gasteiger partial charge in [0, 0.05) is 26.7 Å². The van der Waals surface area contributed by atoms with Gasteiger partial charge in [0.25, 0.3) is 0 Å². The van der Waals surface area contributed by atoms with E-state index in [9.17, 15) is 4.79 Å². The highest BCUT2D eigenvalue weighted by atomic mass is 16.5. The summed E-state index contributed by atoms with van der Waals surface area (Å²) in [6, 6.07) is 8.60. The molecule has 7 heteroatoms. The van der Waals surface area contributed by atoms with E-state index >= 15 is 0 Å². The lowest BCUT2D eigenvalue weighted by molar-refractivity contribution is -0.149. The van der Waals surface area contributed by atoms with Crippen LogP contribution in [-0.2, 0) is 9.53 Å². The van der Waals surface area contributed by atoms with Crippen molar-refractivity contribution in [2.24, 2.45) is 10.9 Å². The van der Waals surface area contributed by atoms with E-state index in [2.05, 4.69) is 38.3 Å². The third-order valence-corrected chi connectivity index (χ3v) is 6.07. The molecule has 2 heterocycles. The summed E-state index contributed by atoms with van der Waals surface area (Å²) < 4.78 is 10.7. The second-order valence-corrected chi connectivity index (χ2v) is 8.00. The van der Waals surface area contributed by atoms with Crippen LogP contribution in [0.2, 0.25) is 0 Å². The Morgan fingerprint density at radius 2 is 2.07 bits per heavy atom.